The van der Waals surface area contributed by atoms with Gasteiger partial charge in [0.25, 0.3) is 0 Å². The molecule has 0 spiro atoms. The summed E-state index contributed by atoms with van der Waals surface area (Å²) in [5.74, 6) is 2.54. The Balaban J connectivity index is 1.50. The molecule has 0 saturated carbocycles. The van der Waals surface area contributed by atoms with Crippen LogP contribution in [-0.2, 0) is 18.9 Å². The number of ether oxygens (including phenoxy) is 3. The molecule has 0 radical (unpaired) electrons. The Labute approximate surface area is 207 Å². The summed E-state index contributed by atoms with van der Waals surface area (Å²) in [4.78, 5) is 12.6. The lowest BCUT2D eigenvalue weighted by Crippen LogP contribution is -2.14. The van der Waals surface area contributed by atoms with E-state index in [1.165, 1.54) is 11.8 Å². The number of benzene rings is 2. The normalized spacial score (nSPS) is 10.8. The van der Waals surface area contributed by atoms with E-state index in [1.807, 2.05) is 49.1 Å². The van der Waals surface area contributed by atoms with Gasteiger partial charge in [-0.15, -0.1) is 10.2 Å². The maximum Gasteiger partial charge on any atom is 0.234 e. The maximum atomic E-state index is 12.6. The van der Waals surface area contributed by atoms with E-state index < -0.39 is 0 Å². The van der Waals surface area contributed by atoms with Crippen molar-refractivity contribution < 1.29 is 19.0 Å². The molecule has 10 nitrogen and oxygen atoms in total. The summed E-state index contributed by atoms with van der Waals surface area (Å²) in [6.07, 6.45) is 1.90. The molecule has 2 heterocycles. The number of nitrogens with zero attached hydrogens (tertiary/aromatic N) is 5. The molecular weight excluding hydrogens is 468 g/mol. The van der Waals surface area contributed by atoms with E-state index in [4.69, 9.17) is 14.2 Å². The first-order valence-electron chi connectivity index (χ1n) is 10.7. The molecule has 35 heavy (non-hydrogen) atoms. The number of hydrogen-bond donors (Lipinski definition) is 1. The van der Waals surface area contributed by atoms with Gasteiger partial charge in [-0.25, -0.2) is 0 Å². The van der Waals surface area contributed by atoms with Gasteiger partial charge in [0.1, 0.15) is 22.9 Å². The number of rotatable bonds is 9. The predicted octanol–water partition coefficient (Wildman–Crippen LogP) is 3.64. The highest BCUT2D eigenvalue weighted by atomic mass is 32.2. The van der Waals surface area contributed by atoms with E-state index in [0.29, 0.717) is 28.2 Å². The molecule has 11 heteroatoms. The van der Waals surface area contributed by atoms with Gasteiger partial charge >= 0.3 is 0 Å². The topological polar surface area (TPSA) is 105 Å². The molecule has 1 N–H and O–H groups in total. The molecule has 0 aliphatic carbocycles. The SMILES string of the molecule is COc1cc(NC(=O)CSc2nnc(-c3cn(C)nc3-c3cccc(OC)c3)n2C)cc(OC)c1. The van der Waals surface area contributed by atoms with Gasteiger partial charge in [-0.3, -0.25) is 9.48 Å². The number of aryl methyl sites for hydroxylation is 1. The molecule has 0 unspecified atom stereocenters. The second-order valence-electron chi connectivity index (χ2n) is 7.60. The summed E-state index contributed by atoms with van der Waals surface area (Å²) in [5, 5.41) is 16.8. The van der Waals surface area contributed by atoms with Crippen LogP contribution in [0.2, 0.25) is 0 Å². The highest BCUT2D eigenvalue weighted by molar-refractivity contribution is 7.99. The van der Waals surface area contributed by atoms with Gasteiger partial charge in [-0.05, 0) is 12.1 Å². The third-order valence-corrected chi connectivity index (χ3v) is 6.24. The maximum absolute atomic E-state index is 12.6. The molecule has 0 fully saturated rings. The quantitative estimate of drug-likeness (QED) is 0.352. The molecule has 182 valence electrons. The number of nitrogens with one attached hydrogen (secondary N) is 1. The Hall–Kier alpha value is -3.99. The summed E-state index contributed by atoms with van der Waals surface area (Å²) in [7, 11) is 8.47. The van der Waals surface area contributed by atoms with E-state index in [1.54, 1.807) is 44.2 Å². The van der Waals surface area contributed by atoms with E-state index >= 15 is 0 Å². The highest BCUT2D eigenvalue weighted by Crippen LogP contribution is 2.33. The van der Waals surface area contributed by atoms with Crippen molar-refractivity contribution in [1.29, 1.82) is 0 Å². The minimum absolute atomic E-state index is 0.154. The number of carbonyl (C=O) groups excluding carboxylic acids is 1. The fourth-order valence-electron chi connectivity index (χ4n) is 3.52. The minimum Gasteiger partial charge on any atom is -0.497 e. The van der Waals surface area contributed by atoms with Crippen molar-refractivity contribution in [3.05, 3.63) is 48.7 Å². The van der Waals surface area contributed by atoms with E-state index in [2.05, 4.69) is 20.6 Å². The fraction of sp³-hybridized carbons (Fsp3) is 0.250. The monoisotopic (exact) mass is 494 g/mol. The van der Waals surface area contributed by atoms with Gasteiger partial charge in [0.2, 0.25) is 5.91 Å². The van der Waals surface area contributed by atoms with Crippen molar-refractivity contribution in [3.8, 4) is 39.9 Å². The van der Waals surface area contributed by atoms with Gasteiger partial charge in [0, 0.05) is 49.7 Å². The fourth-order valence-corrected chi connectivity index (χ4v) is 4.23. The second kappa shape index (κ2) is 10.5. The third-order valence-electron chi connectivity index (χ3n) is 5.22. The van der Waals surface area contributed by atoms with Crippen LogP contribution in [0, 0.1) is 0 Å². The molecule has 0 bridgehead atoms. The molecule has 0 aliphatic rings. The zero-order valence-corrected chi connectivity index (χ0v) is 20.9. The number of hydrogen-bond acceptors (Lipinski definition) is 8. The number of amides is 1. The van der Waals surface area contributed by atoms with Crippen molar-refractivity contribution in [2.75, 3.05) is 32.4 Å². The molecular formula is C24H26N6O4S. The van der Waals surface area contributed by atoms with Crippen LogP contribution in [0.3, 0.4) is 0 Å². The summed E-state index contributed by atoms with van der Waals surface area (Å²) in [6.45, 7) is 0. The van der Waals surface area contributed by atoms with Gasteiger partial charge in [0.05, 0.1) is 32.6 Å². The van der Waals surface area contributed by atoms with Crippen molar-refractivity contribution in [3.63, 3.8) is 0 Å². The summed E-state index contributed by atoms with van der Waals surface area (Å²) in [5.41, 5.74) is 3.09. The molecule has 4 aromatic rings. The zero-order valence-electron chi connectivity index (χ0n) is 20.1. The molecule has 0 aliphatic heterocycles. The lowest BCUT2D eigenvalue weighted by Gasteiger charge is -2.10. The summed E-state index contributed by atoms with van der Waals surface area (Å²) >= 11 is 1.29. The van der Waals surface area contributed by atoms with Gasteiger partial charge < -0.3 is 24.1 Å². The standard InChI is InChI=1S/C24H26N6O4S/c1-29-13-20(22(28-29)15-7-6-8-17(9-15)32-3)23-26-27-24(30(23)2)35-14-21(31)25-16-10-18(33-4)12-19(11-16)34-5/h6-13H,14H2,1-5H3,(H,25,31). The van der Waals surface area contributed by atoms with Crippen LogP contribution < -0.4 is 19.5 Å². The van der Waals surface area contributed by atoms with Crippen LogP contribution in [-0.4, -0.2) is 57.5 Å². The molecule has 2 aromatic carbocycles. The van der Waals surface area contributed by atoms with Crippen LogP contribution in [0.25, 0.3) is 22.6 Å². The Morgan fingerprint density at radius 1 is 0.971 bits per heavy atom. The van der Waals surface area contributed by atoms with E-state index in [9.17, 15) is 4.79 Å². The molecule has 1 amide bonds. The smallest absolute Gasteiger partial charge is 0.234 e. The number of aromatic nitrogens is 5. The first-order chi connectivity index (χ1) is 16.9. The number of carbonyl (C=O) groups is 1. The first-order valence-corrected chi connectivity index (χ1v) is 11.6. The summed E-state index contributed by atoms with van der Waals surface area (Å²) in [6, 6.07) is 12.9. The van der Waals surface area contributed by atoms with Gasteiger partial charge in [0.15, 0.2) is 11.0 Å². The number of thioether (sulfide) groups is 1. The van der Waals surface area contributed by atoms with Crippen molar-refractivity contribution in [2.24, 2.45) is 14.1 Å². The molecule has 4 rings (SSSR count). The zero-order chi connectivity index (χ0) is 24.9. The lowest BCUT2D eigenvalue weighted by molar-refractivity contribution is -0.113. The van der Waals surface area contributed by atoms with Crippen molar-refractivity contribution in [1.82, 2.24) is 24.5 Å². The van der Waals surface area contributed by atoms with Crippen molar-refractivity contribution >= 4 is 23.4 Å². The Kier molecular flexibility index (Phi) is 7.25. The van der Waals surface area contributed by atoms with Crippen LogP contribution in [0.4, 0.5) is 5.69 Å². The largest absolute Gasteiger partial charge is 0.497 e. The van der Waals surface area contributed by atoms with E-state index in [-0.39, 0.29) is 11.7 Å². The average Bonchev–Trinajstić information content (AvgIpc) is 3.44. The average molecular weight is 495 g/mol. The Morgan fingerprint density at radius 2 is 1.69 bits per heavy atom. The molecule has 0 saturated heterocycles. The van der Waals surface area contributed by atoms with Gasteiger partial charge in [-0.2, -0.15) is 5.10 Å². The number of anilines is 1. The first kappa shape index (κ1) is 24.1. The minimum atomic E-state index is -0.187. The second-order valence-corrected chi connectivity index (χ2v) is 8.54. The van der Waals surface area contributed by atoms with Gasteiger partial charge in [-0.1, -0.05) is 23.9 Å². The third kappa shape index (κ3) is 5.40. The van der Waals surface area contributed by atoms with Crippen LogP contribution in [0.1, 0.15) is 0 Å². The van der Waals surface area contributed by atoms with Crippen LogP contribution >= 0.6 is 11.8 Å². The molecule has 0 atom stereocenters. The number of methoxy groups -OCH3 is 3. The Morgan fingerprint density at radius 3 is 2.37 bits per heavy atom. The Bertz CT molecular complexity index is 1330. The molecule has 2 aromatic heterocycles. The van der Waals surface area contributed by atoms with Crippen LogP contribution in [0.15, 0.2) is 53.8 Å². The van der Waals surface area contributed by atoms with Crippen LogP contribution in [0.5, 0.6) is 17.2 Å². The van der Waals surface area contributed by atoms with Crippen molar-refractivity contribution in [2.45, 2.75) is 5.16 Å². The summed E-state index contributed by atoms with van der Waals surface area (Å²) < 4.78 is 19.5. The van der Waals surface area contributed by atoms with E-state index in [0.717, 1.165) is 22.6 Å². The highest BCUT2D eigenvalue weighted by Gasteiger charge is 2.20. The predicted molar refractivity (Wildman–Crippen MR) is 134 cm³/mol. The lowest BCUT2D eigenvalue weighted by atomic mass is 10.1.